The number of rotatable bonds is 5. The third kappa shape index (κ3) is 3.01. The molecular weight excluding hydrogens is 264 g/mol. The van der Waals surface area contributed by atoms with Gasteiger partial charge < -0.3 is 14.8 Å². The second kappa shape index (κ2) is 5.13. The summed E-state index contributed by atoms with van der Waals surface area (Å²) >= 11 is 1.34. The van der Waals surface area contributed by atoms with Crippen LogP contribution in [0.15, 0.2) is 18.2 Å². The van der Waals surface area contributed by atoms with Crippen molar-refractivity contribution in [3.05, 3.63) is 24.0 Å². The monoisotopic (exact) mass is 280 g/mol. The van der Waals surface area contributed by atoms with Crippen molar-refractivity contribution in [2.45, 2.75) is 24.3 Å². The van der Waals surface area contributed by atoms with Crippen molar-refractivity contribution in [2.75, 3.05) is 7.11 Å². The highest BCUT2D eigenvalue weighted by Crippen LogP contribution is 2.28. The predicted molar refractivity (Wildman–Crippen MR) is 75.7 cm³/mol. The van der Waals surface area contributed by atoms with Crippen molar-refractivity contribution in [3.8, 4) is 5.75 Å². The molecule has 0 saturated heterocycles. The molecule has 2 rings (SSSR count). The van der Waals surface area contributed by atoms with Crippen molar-refractivity contribution in [2.24, 2.45) is 0 Å². The van der Waals surface area contributed by atoms with Crippen LogP contribution in [0.3, 0.4) is 0 Å². The fourth-order valence-electron chi connectivity index (χ4n) is 1.55. The van der Waals surface area contributed by atoms with E-state index in [2.05, 4.69) is 9.97 Å². The van der Waals surface area contributed by atoms with Crippen LogP contribution >= 0.6 is 11.8 Å². The maximum Gasteiger partial charge on any atom is 0.319 e. The van der Waals surface area contributed by atoms with E-state index < -0.39 is 10.7 Å². The largest absolute Gasteiger partial charge is 0.497 e. The number of methoxy groups -OCH3 is 1. The summed E-state index contributed by atoms with van der Waals surface area (Å²) in [5.41, 5.74) is 1.74. The van der Waals surface area contributed by atoms with Crippen molar-refractivity contribution in [3.63, 3.8) is 0 Å². The van der Waals surface area contributed by atoms with E-state index in [0.29, 0.717) is 5.75 Å². The van der Waals surface area contributed by atoms with E-state index in [9.17, 15) is 4.79 Å². The zero-order chi connectivity index (χ0) is 14.0. The van der Waals surface area contributed by atoms with E-state index >= 15 is 0 Å². The van der Waals surface area contributed by atoms with Crippen LogP contribution in [0.1, 0.15) is 19.7 Å². The van der Waals surface area contributed by atoms with Gasteiger partial charge in [-0.1, -0.05) is 0 Å². The Morgan fingerprint density at radius 2 is 2.26 bits per heavy atom. The van der Waals surface area contributed by atoms with Crippen LogP contribution in [0, 0.1) is 0 Å². The van der Waals surface area contributed by atoms with E-state index in [1.807, 2.05) is 18.2 Å². The number of benzene rings is 1. The first-order chi connectivity index (χ1) is 8.92. The minimum absolute atomic E-state index is 0.524. The summed E-state index contributed by atoms with van der Waals surface area (Å²) in [6, 6.07) is 5.60. The maximum atomic E-state index is 11.0. The first kappa shape index (κ1) is 13.7. The molecule has 0 aliphatic rings. The van der Waals surface area contributed by atoms with Gasteiger partial charge in [-0.25, -0.2) is 4.98 Å². The highest BCUT2D eigenvalue weighted by molar-refractivity contribution is 8.00. The first-order valence-electron chi connectivity index (χ1n) is 5.82. The van der Waals surface area contributed by atoms with Crippen molar-refractivity contribution >= 4 is 28.8 Å². The minimum atomic E-state index is -0.824. The number of H-pyrrole nitrogens is 1. The fourth-order valence-corrected chi connectivity index (χ4v) is 2.31. The van der Waals surface area contributed by atoms with Gasteiger partial charge in [-0.05, 0) is 26.0 Å². The van der Waals surface area contributed by atoms with Crippen LogP contribution in [0.25, 0.3) is 11.0 Å². The zero-order valence-electron chi connectivity index (χ0n) is 11.1. The summed E-state index contributed by atoms with van der Waals surface area (Å²) < 4.78 is 4.32. The van der Waals surface area contributed by atoms with Crippen molar-refractivity contribution < 1.29 is 14.6 Å². The van der Waals surface area contributed by atoms with Crippen LogP contribution in [-0.2, 0) is 10.5 Å². The summed E-state index contributed by atoms with van der Waals surface area (Å²) in [6.07, 6.45) is 0. The highest BCUT2D eigenvalue weighted by Gasteiger charge is 2.27. The molecule has 0 atom stereocenters. The number of nitrogens with zero attached hydrogens (tertiary/aromatic N) is 1. The van der Waals surface area contributed by atoms with Gasteiger partial charge >= 0.3 is 5.97 Å². The lowest BCUT2D eigenvalue weighted by Gasteiger charge is -2.17. The maximum absolute atomic E-state index is 11.0. The molecule has 5 nitrogen and oxygen atoms in total. The van der Waals surface area contributed by atoms with E-state index in [1.54, 1.807) is 21.0 Å². The zero-order valence-corrected chi connectivity index (χ0v) is 11.9. The third-order valence-corrected chi connectivity index (χ3v) is 4.14. The Morgan fingerprint density at radius 1 is 1.53 bits per heavy atom. The molecule has 2 aromatic rings. The molecule has 0 unspecified atom stereocenters. The van der Waals surface area contributed by atoms with Gasteiger partial charge in [-0.3, -0.25) is 4.79 Å². The number of fused-ring (bicyclic) bond motifs is 1. The summed E-state index contributed by atoms with van der Waals surface area (Å²) in [5, 5.41) is 9.06. The lowest BCUT2D eigenvalue weighted by molar-refractivity contribution is -0.138. The van der Waals surface area contributed by atoms with Gasteiger partial charge in [0.2, 0.25) is 0 Å². The number of nitrogens with one attached hydrogen (secondary N) is 1. The van der Waals surface area contributed by atoms with Gasteiger partial charge in [0.05, 0.1) is 23.9 Å². The second-order valence-electron chi connectivity index (χ2n) is 4.67. The molecule has 6 heteroatoms. The number of ether oxygens (including phenoxy) is 1. The molecule has 0 spiro atoms. The van der Waals surface area contributed by atoms with Crippen LogP contribution in [-0.4, -0.2) is 32.9 Å². The summed E-state index contributed by atoms with van der Waals surface area (Å²) in [5.74, 6) is 1.23. The summed E-state index contributed by atoms with van der Waals surface area (Å²) in [7, 11) is 1.61. The average Bonchev–Trinajstić information content (AvgIpc) is 2.77. The molecule has 19 heavy (non-hydrogen) atoms. The molecule has 0 radical (unpaired) electrons. The van der Waals surface area contributed by atoms with Gasteiger partial charge in [0.1, 0.15) is 16.3 Å². The van der Waals surface area contributed by atoms with Crippen molar-refractivity contribution in [1.82, 2.24) is 9.97 Å². The molecule has 0 aliphatic carbocycles. The molecule has 0 fully saturated rings. The summed E-state index contributed by atoms with van der Waals surface area (Å²) in [4.78, 5) is 18.6. The highest BCUT2D eigenvalue weighted by atomic mass is 32.2. The van der Waals surface area contributed by atoms with Gasteiger partial charge in [0.15, 0.2) is 0 Å². The SMILES string of the molecule is COc1ccc2nc(CSC(C)(C)C(=O)O)[nH]c2c1. The molecular formula is C13H16N2O3S. The Bertz CT molecular complexity index is 607. The molecule has 0 aliphatic heterocycles. The number of hydrogen-bond acceptors (Lipinski definition) is 4. The Labute approximate surface area is 115 Å². The van der Waals surface area contributed by atoms with Crippen molar-refractivity contribution in [1.29, 1.82) is 0 Å². The normalized spacial score (nSPS) is 11.7. The molecule has 0 bridgehead atoms. The number of aliphatic carboxylic acids is 1. The van der Waals surface area contributed by atoms with Gasteiger partial charge in [-0.15, -0.1) is 11.8 Å². The fraction of sp³-hybridized carbons (Fsp3) is 0.385. The third-order valence-electron chi connectivity index (χ3n) is 2.82. The van der Waals surface area contributed by atoms with Gasteiger partial charge in [0, 0.05) is 6.07 Å². The molecule has 0 saturated carbocycles. The van der Waals surface area contributed by atoms with E-state index in [4.69, 9.17) is 9.84 Å². The molecule has 1 aromatic carbocycles. The minimum Gasteiger partial charge on any atom is -0.497 e. The van der Waals surface area contributed by atoms with Crippen LogP contribution < -0.4 is 4.74 Å². The smallest absolute Gasteiger partial charge is 0.319 e. The molecule has 102 valence electrons. The van der Waals surface area contributed by atoms with Gasteiger partial charge in [0.25, 0.3) is 0 Å². The number of carbonyl (C=O) groups is 1. The number of imidazole rings is 1. The van der Waals surface area contributed by atoms with Crippen LogP contribution in [0.2, 0.25) is 0 Å². The lowest BCUT2D eigenvalue weighted by atomic mass is 10.2. The number of carboxylic acid groups (broad SMARTS) is 1. The second-order valence-corrected chi connectivity index (χ2v) is 6.27. The lowest BCUT2D eigenvalue weighted by Crippen LogP contribution is -2.27. The molecule has 2 N–H and O–H groups in total. The standard InChI is InChI=1S/C13H16N2O3S/c1-13(2,12(16)17)19-7-11-14-9-5-4-8(18-3)6-10(9)15-11/h4-6H,7H2,1-3H3,(H,14,15)(H,16,17). The topological polar surface area (TPSA) is 75.2 Å². The van der Waals surface area contributed by atoms with E-state index in [-0.39, 0.29) is 0 Å². The molecule has 1 heterocycles. The first-order valence-corrected chi connectivity index (χ1v) is 6.81. The Kier molecular flexibility index (Phi) is 3.71. The number of aromatic nitrogens is 2. The Balaban J connectivity index is 2.16. The summed E-state index contributed by atoms with van der Waals surface area (Å²) in [6.45, 7) is 3.37. The van der Waals surface area contributed by atoms with E-state index in [0.717, 1.165) is 22.6 Å². The Hall–Kier alpha value is -1.69. The van der Waals surface area contributed by atoms with Gasteiger partial charge in [-0.2, -0.15) is 0 Å². The Morgan fingerprint density at radius 3 is 2.89 bits per heavy atom. The average molecular weight is 280 g/mol. The van der Waals surface area contributed by atoms with Crippen LogP contribution in [0.4, 0.5) is 0 Å². The molecule has 0 amide bonds. The number of thioether (sulfide) groups is 1. The number of hydrogen-bond donors (Lipinski definition) is 2. The van der Waals surface area contributed by atoms with Crippen LogP contribution in [0.5, 0.6) is 5.75 Å². The number of carboxylic acids is 1. The molecule has 1 aromatic heterocycles. The van der Waals surface area contributed by atoms with E-state index in [1.165, 1.54) is 11.8 Å². The number of aromatic amines is 1. The quantitative estimate of drug-likeness (QED) is 0.880. The predicted octanol–water partition coefficient (Wildman–Crippen LogP) is 2.67.